The van der Waals surface area contributed by atoms with Gasteiger partial charge in [-0.2, -0.15) is 13.2 Å². The Kier molecular flexibility index (Phi) is 11.7. The lowest BCUT2D eigenvalue weighted by Crippen LogP contribution is -2.31. The van der Waals surface area contributed by atoms with Gasteiger partial charge in [-0.25, -0.2) is 17.2 Å². The fourth-order valence-corrected chi connectivity index (χ4v) is 7.93. The van der Waals surface area contributed by atoms with Crippen LogP contribution in [0.5, 0.6) is 5.75 Å². The molecular weight excluding hydrogens is 585 g/mol. The zero-order valence-corrected chi connectivity index (χ0v) is 25.4. The van der Waals surface area contributed by atoms with Crippen LogP contribution in [0.25, 0.3) is 11.1 Å². The number of alkyl halides is 3. The highest BCUT2D eigenvalue weighted by Crippen LogP contribution is 2.40. The zero-order valence-electron chi connectivity index (χ0n) is 24.6. The zero-order chi connectivity index (χ0) is 31.0. The molecule has 0 saturated carbocycles. The molecule has 1 fully saturated rings. The van der Waals surface area contributed by atoms with Crippen LogP contribution in [0.2, 0.25) is 0 Å². The third kappa shape index (κ3) is 10.3. The van der Waals surface area contributed by atoms with Crippen molar-refractivity contribution in [2.24, 2.45) is 0 Å². The van der Waals surface area contributed by atoms with Crippen molar-refractivity contribution in [1.29, 1.82) is 0 Å². The second-order valence-electron chi connectivity index (χ2n) is 12.0. The van der Waals surface area contributed by atoms with Crippen LogP contribution in [-0.2, 0) is 16.3 Å². The number of allylic oxidation sites excluding steroid dienone is 2. The number of nitrogens with zero attached hydrogens (tertiary/aromatic N) is 1. The first-order chi connectivity index (χ1) is 20.4. The van der Waals surface area contributed by atoms with E-state index in [1.807, 2.05) is 6.07 Å². The van der Waals surface area contributed by atoms with Crippen molar-refractivity contribution >= 4 is 21.0 Å². The Hall–Kier alpha value is -2.46. The van der Waals surface area contributed by atoms with E-state index in [1.54, 1.807) is 12.1 Å². The van der Waals surface area contributed by atoms with Gasteiger partial charge in [0, 0.05) is 12.1 Å². The minimum Gasteiger partial charge on any atom is -0.508 e. The van der Waals surface area contributed by atoms with Crippen LogP contribution < -0.4 is 0 Å². The van der Waals surface area contributed by atoms with Crippen LogP contribution in [-0.4, -0.2) is 55.2 Å². The Morgan fingerprint density at radius 2 is 1.63 bits per heavy atom. The fraction of sp³-hybridized carbons (Fsp3) is 0.576. The quantitative estimate of drug-likeness (QED) is 0.169. The maximum absolute atomic E-state index is 14.1. The summed E-state index contributed by atoms with van der Waals surface area (Å²) >= 11 is 0. The number of aryl methyl sites for hydroxylation is 1. The van der Waals surface area contributed by atoms with E-state index in [9.17, 15) is 35.5 Å². The number of likely N-dealkylation sites (tertiary alicyclic amines) is 1. The van der Waals surface area contributed by atoms with Gasteiger partial charge in [0.1, 0.15) is 17.4 Å². The highest BCUT2D eigenvalue weighted by Gasteiger charge is 2.30. The highest BCUT2D eigenvalue weighted by atomic mass is 32.2. The van der Waals surface area contributed by atoms with Gasteiger partial charge in [0.05, 0.1) is 17.9 Å². The second kappa shape index (κ2) is 15.0. The molecule has 2 aliphatic rings. The summed E-state index contributed by atoms with van der Waals surface area (Å²) in [5, 5.41) is 10.1. The first-order valence-electron chi connectivity index (χ1n) is 15.4. The number of hydrogen-bond acceptors (Lipinski definition) is 4. The molecule has 0 spiro atoms. The molecule has 4 rings (SSSR count). The van der Waals surface area contributed by atoms with Crippen LogP contribution in [0.3, 0.4) is 0 Å². The van der Waals surface area contributed by atoms with E-state index < -0.39 is 39.8 Å². The Morgan fingerprint density at radius 1 is 0.884 bits per heavy atom. The number of halogens is 5. The summed E-state index contributed by atoms with van der Waals surface area (Å²) in [5.74, 6) is -2.02. The van der Waals surface area contributed by atoms with Gasteiger partial charge < -0.3 is 10.0 Å². The highest BCUT2D eigenvalue weighted by molar-refractivity contribution is 7.91. The topological polar surface area (TPSA) is 57.6 Å². The Labute approximate surface area is 251 Å². The van der Waals surface area contributed by atoms with Gasteiger partial charge in [-0.1, -0.05) is 18.9 Å². The first kappa shape index (κ1) is 33.4. The summed E-state index contributed by atoms with van der Waals surface area (Å²) in [6, 6.07) is 9.32. The monoisotopic (exact) mass is 627 g/mol. The summed E-state index contributed by atoms with van der Waals surface area (Å²) in [4.78, 5) is 2.38. The Morgan fingerprint density at radius 3 is 2.37 bits per heavy atom. The number of unbranched alkanes of at least 4 members (excludes halogenated alkanes) is 3. The summed E-state index contributed by atoms with van der Waals surface area (Å²) in [7, 11) is -3.70. The third-order valence-corrected chi connectivity index (χ3v) is 10.4. The lowest BCUT2D eigenvalue weighted by atomic mass is 9.89. The van der Waals surface area contributed by atoms with Crippen molar-refractivity contribution in [3.63, 3.8) is 0 Å². The number of phenols is 1. The van der Waals surface area contributed by atoms with Crippen LogP contribution in [0, 0.1) is 11.6 Å². The predicted octanol–water partition coefficient (Wildman–Crippen LogP) is 8.48. The lowest BCUT2D eigenvalue weighted by Gasteiger charge is -2.24. The van der Waals surface area contributed by atoms with E-state index in [0.717, 1.165) is 99.2 Å². The van der Waals surface area contributed by atoms with Crippen molar-refractivity contribution in [3.05, 3.63) is 64.7 Å². The predicted molar refractivity (Wildman–Crippen MR) is 160 cm³/mol. The van der Waals surface area contributed by atoms with Crippen molar-refractivity contribution in [2.75, 3.05) is 24.6 Å². The van der Waals surface area contributed by atoms with Gasteiger partial charge >= 0.3 is 6.18 Å². The standard InChI is InChI=1S/C33H42F5NO3S/c34-26-20-25(21-27(35)23-26)30-12-5-8-24-22-29(40)13-14-31(24)32(30)11-3-1-2-4-16-39-17-6-9-28(39)10-7-18-43(41,42)19-15-33(36,37)38/h13-14,20-23,28,40H,1-12,15-19H2/t28-/m1/s1. The van der Waals surface area contributed by atoms with Crippen LogP contribution in [0.4, 0.5) is 22.0 Å². The van der Waals surface area contributed by atoms with Gasteiger partial charge in [0.15, 0.2) is 9.84 Å². The number of rotatable bonds is 14. The van der Waals surface area contributed by atoms with E-state index in [-0.39, 0.29) is 17.5 Å². The molecule has 2 aromatic rings. The van der Waals surface area contributed by atoms with E-state index in [4.69, 9.17) is 0 Å². The molecule has 1 heterocycles. The summed E-state index contributed by atoms with van der Waals surface area (Å²) in [6.07, 6.45) is 4.30. The molecule has 43 heavy (non-hydrogen) atoms. The Bertz CT molecular complexity index is 1350. The van der Waals surface area contributed by atoms with Crippen molar-refractivity contribution in [1.82, 2.24) is 4.90 Å². The van der Waals surface area contributed by atoms with E-state index >= 15 is 0 Å². The van der Waals surface area contributed by atoms with Gasteiger partial charge in [-0.05, 0) is 129 Å². The molecule has 0 radical (unpaired) electrons. The van der Waals surface area contributed by atoms with Crippen molar-refractivity contribution < 1.29 is 35.5 Å². The smallest absolute Gasteiger partial charge is 0.390 e. The minimum atomic E-state index is -4.46. The largest absolute Gasteiger partial charge is 0.508 e. The molecule has 2 aromatic carbocycles. The van der Waals surface area contributed by atoms with Crippen LogP contribution >= 0.6 is 0 Å². The van der Waals surface area contributed by atoms with E-state index in [1.165, 1.54) is 12.1 Å². The molecule has 0 aromatic heterocycles. The summed E-state index contributed by atoms with van der Waals surface area (Å²) < 4.78 is 89.4. The molecule has 1 aliphatic carbocycles. The number of sulfone groups is 1. The first-order valence-corrected chi connectivity index (χ1v) is 17.2. The van der Waals surface area contributed by atoms with E-state index in [2.05, 4.69) is 4.90 Å². The summed E-state index contributed by atoms with van der Waals surface area (Å²) in [5.41, 5.74) is 4.71. The SMILES string of the molecule is O=S(=O)(CCC[C@H]1CCCN1CCCCCCC1=C(c2cc(F)cc(F)c2)CCCc2cc(O)ccc21)CCC(F)(F)F. The molecule has 1 atom stereocenters. The maximum Gasteiger partial charge on any atom is 0.390 e. The average molecular weight is 628 g/mol. The van der Waals surface area contributed by atoms with Gasteiger partial charge in [-0.3, -0.25) is 0 Å². The normalized spacial score (nSPS) is 18.2. The average Bonchev–Trinajstić information content (AvgIpc) is 3.28. The summed E-state index contributed by atoms with van der Waals surface area (Å²) in [6.45, 7) is 1.86. The van der Waals surface area contributed by atoms with Crippen molar-refractivity contribution in [2.45, 2.75) is 95.7 Å². The second-order valence-corrected chi connectivity index (χ2v) is 14.3. The fourth-order valence-electron chi connectivity index (χ4n) is 6.58. The molecule has 1 N–H and O–H groups in total. The van der Waals surface area contributed by atoms with Gasteiger partial charge in [0.25, 0.3) is 0 Å². The number of fused-ring (bicyclic) bond motifs is 1. The number of benzene rings is 2. The van der Waals surface area contributed by atoms with Crippen LogP contribution in [0.1, 0.15) is 93.7 Å². The van der Waals surface area contributed by atoms with Crippen LogP contribution in [0.15, 0.2) is 36.4 Å². The molecule has 0 amide bonds. The molecule has 10 heteroatoms. The number of phenolic OH excluding ortho intramolecular Hbond substituents is 1. The molecule has 1 saturated heterocycles. The van der Waals surface area contributed by atoms with Gasteiger partial charge in [-0.15, -0.1) is 0 Å². The lowest BCUT2D eigenvalue weighted by molar-refractivity contribution is -0.129. The number of hydrogen-bond donors (Lipinski definition) is 1. The van der Waals surface area contributed by atoms with E-state index in [0.29, 0.717) is 24.8 Å². The molecule has 0 bridgehead atoms. The van der Waals surface area contributed by atoms with Gasteiger partial charge in [0.2, 0.25) is 0 Å². The molecule has 0 unspecified atom stereocenters. The Balaban J connectivity index is 1.28. The molecule has 238 valence electrons. The minimum absolute atomic E-state index is 0.198. The molecular formula is C33H42F5NO3S. The molecule has 1 aliphatic heterocycles. The number of aromatic hydroxyl groups is 1. The maximum atomic E-state index is 14.1. The third-order valence-electron chi connectivity index (χ3n) is 8.67. The molecule has 4 nitrogen and oxygen atoms in total. The van der Waals surface area contributed by atoms with Crippen molar-refractivity contribution in [3.8, 4) is 5.75 Å².